The van der Waals surface area contributed by atoms with Gasteiger partial charge in [0.25, 0.3) is 5.56 Å². The van der Waals surface area contributed by atoms with Crippen LogP contribution in [0.3, 0.4) is 0 Å². The molecule has 0 amide bonds. The topological polar surface area (TPSA) is 53.2 Å². The van der Waals surface area contributed by atoms with Crippen molar-refractivity contribution in [3.05, 3.63) is 30.6 Å². The normalized spacial score (nSPS) is 11.2. The summed E-state index contributed by atoms with van der Waals surface area (Å²) >= 11 is 1.96. The lowest BCUT2D eigenvalue weighted by Crippen LogP contribution is -2.41. The minimum atomic E-state index is -0.264. The third-order valence-corrected chi connectivity index (χ3v) is 3.57. The van der Waals surface area contributed by atoms with Crippen molar-refractivity contribution in [3.63, 3.8) is 0 Å². The predicted octanol–water partition coefficient (Wildman–Crippen LogP) is 1.70. The largest absolute Gasteiger partial charge is 0.380 e. The number of hydrogen-bond acceptors (Lipinski definition) is 3. The molecule has 0 saturated heterocycles. The first-order valence-electron chi connectivity index (χ1n) is 6.54. The van der Waals surface area contributed by atoms with Crippen molar-refractivity contribution < 1.29 is 4.74 Å². The summed E-state index contributed by atoms with van der Waals surface area (Å²) in [5, 5.41) is 0. The van der Waals surface area contributed by atoms with Gasteiger partial charge in [0, 0.05) is 19.3 Å². The predicted molar refractivity (Wildman–Crippen MR) is 83.6 cm³/mol. The second kappa shape index (κ2) is 7.84. The number of ether oxygens (including phenoxy) is 1. The smallest absolute Gasteiger partial charge is 0.331 e. The van der Waals surface area contributed by atoms with Crippen LogP contribution in [-0.4, -0.2) is 22.3 Å². The molecule has 108 valence electrons. The van der Waals surface area contributed by atoms with Crippen LogP contribution in [0.5, 0.6) is 0 Å². The molecule has 0 radical (unpaired) electrons. The summed E-state index contributed by atoms with van der Waals surface area (Å²) in [5.74, 6) is 0.595. The summed E-state index contributed by atoms with van der Waals surface area (Å²) in [6, 6.07) is 0. The van der Waals surface area contributed by atoms with Gasteiger partial charge in [0.1, 0.15) is 0 Å². The first-order valence-corrected chi connectivity index (χ1v) is 7.62. The summed E-state index contributed by atoms with van der Waals surface area (Å²) in [6.45, 7) is 8.08. The standard InChI is InChI=1S/C13H21IN2O3/c1-4-15-9-11(14)12(17)16(13(15)18)6-8-19-7-5-10(2)3/h9-10H,4-8H2,1-3H3. The minimum Gasteiger partial charge on any atom is -0.380 e. The molecule has 6 heteroatoms. The summed E-state index contributed by atoms with van der Waals surface area (Å²) in [6.07, 6.45) is 2.59. The van der Waals surface area contributed by atoms with Crippen molar-refractivity contribution in [1.29, 1.82) is 0 Å². The Morgan fingerprint density at radius 3 is 2.58 bits per heavy atom. The van der Waals surface area contributed by atoms with Crippen LogP contribution in [0.1, 0.15) is 27.2 Å². The maximum Gasteiger partial charge on any atom is 0.331 e. The lowest BCUT2D eigenvalue weighted by Gasteiger charge is -2.10. The number of halogens is 1. The Kier molecular flexibility index (Phi) is 6.78. The molecule has 0 aromatic carbocycles. The van der Waals surface area contributed by atoms with Gasteiger partial charge in [-0.15, -0.1) is 0 Å². The van der Waals surface area contributed by atoms with Gasteiger partial charge in [0.05, 0.1) is 16.7 Å². The Bertz CT molecular complexity index is 520. The molecule has 1 rings (SSSR count). The Morgan fingerprint density at radius 1 is 1.32 bits per heavy atom. The molecule has 0 atom stereocenters. The summed E-state index contributed by atoms with van der Waals surface area (Å²) in [7, 11) is 0. The zero-order chi connectivity index (χ0) is 14.4. The van der Waals surface area contributed by atoms with Gasteiger partial charge in [0.2, 0.25) is 0 Å². The minimum absolute atomic E-state index is 0.234. The second-order valence-electron chi connectivity index (χ2n) is 4.80. The molecule has 0 aliphatic heterocycles. The first-order chi connectivity index (χ1) is 8.97. The van der Waals surface area contributed by atoms with Gasteiger partial charge in [-0.3, -0.25) is 13.9 Å². The van der Waals surface area contributed by atoms with E-state index >= 15 is 0 Å². The van der Waals surface area contributed by atoms with Crippen molar-refractivity contribution in [2.45, 2.75) is 40.3 Å². The average molecular weight is 380 g/mol. The maximum absolute atomic E-state index is 12.0. The van der Waals surface area contributed by atoms with Crippen LogP contribution in [0, 0.1) is 9.49 Å². The molecule has 0 fully saturated rings. The van der Waals surface area contributed by atoms with Crippen molar-refractivity contribution >= 4 is 22.6 Å². The fraction of sp³-hybridized carbons (Fsp3) is 0.692. The average Bonchev–Trinajstić information content (AvgIpc) is 2.36. The fourth-order valence-corrected chi connectivity index (χ4v) is 2.25. The Hall–Kier alpha value is -0.630. The molecule has 0 spiro atoms. The lowest BCUT2D eigenvalue weighted by molar-refractivity contribution is 0.114. The zero-order valence-electron chi connectivity index (χ0n) is 11.7. The zero-order valence-corrected chi connectivity index (χ0v) is 13.8. The van der Waals surface area contributed by atoms with E-state index in [0.29, 0.717) is 35.8 Å². The van der Waals surface area contributed by atoms with E-state index in [1.165, 1.54) is 9.13 Å². The quantitative estimate of drug-likeness (QED) is 0.535. The molecule has 5 nitrogen and oxygen atoms in total. The van der Waals surface area contributed by atoms with Crippen molar-refractivity contribution in [2.75, 3.05) is 13.2 Å². The van der Waals surface area contributed by atoms with Crippen LogP contribution in [0.25, 0.3) is 0 Å². The maximum atomic E-state index is 12.0. The lowest BCUT2D eigenvalue weighted by atomic mass is 10.1. The van der Waals surface area contributed by atoms with Crippen molar-refractivity contribution in [1.82, 2.24) is 9.13 Å². The number of nitrogens with zero attached hydrogens (tertiary/aromatic N) is 2. The second-order valence-corrected chi connectivity index (χ2v) is 5.96. The van der Waals surface area contributed by atoms with Crippen LogP contribution in [0.4, 0.5) is 0 Å². The van der Waals surface area contributed by atoms with Gasteiger partial charge in [0.15, 0.2) is 0 Å². The summed E-state index contributed by atoms with van der Waals surface area (Å²) in [5.41, 5.74) is -0.497. The van der Waals surface area contributed by atoms with E-state index in [2.05, 4.69) is 13.8 Å². The van der Waals surface area contributed by atoms with E-state index in [1.54, 1.807) is 6.20 Å². The molecule has 0 saturated carbocycles. The molecule has 0 bridgehead atoms. The van der Waals surface area contributed by atoms with Gasteiger partial charge < -0.3 is 4.74 Å². The molecule has 19 heavy (non-hydrogen) atoms. The number of hydrogen-bond donors (Lipinski definition) is 0. The Labute approximate surface area is 126 Å². The molecule has 1 aromatic heterocycles. The van der Waals surface area contributed by atoms with Crippen LogP contribution in [0.2, 0.25) is 0 Å². The molecule has 0 aliphatic rings. The van der Waals surface area contributed by atoms with E-state index in [0.717, 1.165) is 6.42 Å². The van der Waals surface area contributed by atoms with Crippen LogP contribution < -0.4 is 11.2 Å². The molecule has 0 N–H and O–H groups in total. The van der Waals surface area contributed by atoms with E-state index in [9.17, 15) is 9.59 Å². The molecule has 0 aliphatic carbocycles. The fourth-order valence-electron chi connectivity index (χ4n) is 1.62. The Balaban J connectivity index is 2.70. The third-order valence-electron chi connectivity index (χ3n) is 2.83. The van der Waals surface area contributed by atoms with E-state index in [4.69, 9.17) is 4.74 Å². The van der Waals surface area contributed by atoms with Crippen LogP contribution in [-0.2, 0) is 17.8 Å². The molecule has 1 heterocycles. The highest BCUT2D eigenvalue weighted by atomic mass is 127. The van der Waals surface area contributed by atoms with E-state index in [1.807, 2.05) is 29.5 Å². The molecular formula is C13H21IN2O3. The van der Waals surface area contributed by atoms with Crippen LogP contribution >= 0.6 is 22.6 Å². The number of aryl methyl sites for hydroxylation is 1. The van der Waals surface area contributed by atoms with Gasteiger partial charge in [-0.2, -0.15) is 0 Å². The summed E-state index contributed by atoms with van der Waals surface area (Å²) < 4.78 is 8.81. The molecular weight excluding hydrogens is 359 g/mol. The van der Waals surface area contributed by atoms with Gasteiger partial charge >= 0.3 is 5.69 Å². The highest BCUT2D eigenvalue weighted by molar-refractivity contribution is 14.1. The first kappa shape index (κ1) is 16.4. The SMILES string of the molecule is CCn1cc(I)c(=O)n(CCOCCC(C)C)c1=O. The van der Waals surface area contributed by atoms with Crippen molar-refractivity contribution in [2.24, 2.45) is 5.92 Å². The summed E-state index contributed by atoms with van der Waals surface area (Å²) in [4.78, 5) is 23.9. The van der Waals surface area contributed by atoms with Crippen LogP contribution in [0.15, 0.2) is 15.8 Å². The van der Waals surface area contributed by atoms with Gasteiger partial charge in [-0.05, 0) is 41.9 Å². The van der Waals surface area contributed by atoms with Gasteiger partial charge in [-0.1, -0.05) is 13.8 Å². The highest BCUT2D eigenvalue weighted by Gasteiger charge is 2.08. The van der Waals surface area contributed by atoms with Crippen molar-refractivity contribution in [3.8, 4) is 0 Å². The molecule has 1 aromatic rings. The van der Waals surface area contributed by atoms with E-state index < -0.39 is 0 Å². The van der Waals surface area contributed by atoms with Gasteiger partial charge in [-0.25, -0.2) is 4.79 Å². The third kappa shape index (κ3) is 4.76. The van der Waals surface area contributed by atoms with E-state index in [-0.39, 0.29) is 11.2 Å². The monoisotopic (exact) mass is 380 g/mol. The highest BCUT2D eigenvalue weighted by Crippen LogP contribution is 1.99. The number of aromatic nitrogens is 2. The molecule has 0 unspecified atom stereocenters. The Morgan fingerprint density at radius 2 is 2.00 bits per heavy atom. The number of rotatable bonds is 7.